The molecule has 1 atom stereocenters. The molecule has 0 radical (unpaired) electrons. The Balaban J connectivity index is 3.07. The van der Waals surface area contributed by atoms with Crippen LogP contribution >= 0.6 is 0 Å². The van der Waals surface area contributed by atoms with Gasteiger partial charge in [-0.1, -0.05) is 6.58 Å². The van der Waals surface area contributed by atoms with Crippen molar-refractivity contribution in [2.24, 2.45) is 0 Å². The zero-order valence-electron chi connectivity index (χ0n) is 9.11. The summed E-state index contributed by atoms with van der Waals surface area (Å²) in [5.41, 5.74) is -4.07. The maximum atomic E-state index is 12.8. The standard InChI is InChI=1S/C9H7F6NO3/c1-4-3-19-7(9(13,14)15,16-6(4)18)2-5(17)8(10,11)12/h1-3H2,(H,16,18). The van der Waals surface area contributed by atoms with E-state index < -0.39 is 42.8 Å². The third kappa shape index (κ3) is 3.06. The Kier molecular flexibility index (Phi) is 3.67. The van der Waals surface area contributed by atoms with E-state index in [9.17, 15) is 35.9 Å². The van der Waals surface area contributed by atoms with Crippen molar-refractivity contribution < 1.29 is 40.7 Å². The Morgan fingerprint density at radius 3 is 2.21 bits per heavy atom. The second kappa shape index (κ2) is 4.51. The summed E-state index contributed by atoms with van der Waals surface area (Å²) >= 11 is 0. The number of alkyl halides is 6. The molecule has 0 spiro atoms. The zero-order valence-corrected chi connectivity index (χ0v) is 9.11. The van der Waals surface area contributed by atoms with Crippen LogP contribution in [0.4, 0.5) is 26.3 Å². The molecule has 10 heteroatoms. The van der Waals surface area contributed by atoms with Crippen LogP contribution < -0.4 is 5.32 Å². The lowest BCUT2D eigenvalue weighted by Crippen LogP contribution is -2.65. The van der Waals surface area contributed by atoms with Gasteiger partial charge in [0.25, 0.3) is 5.91 Å². The summed E-state index contributed by atoms with van der Waals surface area (Å²) in [6, 6.07) is 0. The number of halogens is 6. The van der Waals surface area contributed by atoms with Gasteiger partial charge in [-0.15, -0.1) is 0 Å². The molecule has 0 bridgehead atoms. The second-order valence-corrected chi connectivity index (χ2v) is 3.77. The SMILES string of the molecule is C=C1COC(CC(=O)C(F)(F)F)(C(F)(F)F)NC1=O. The molecule has 0 aromatic rings. The van der Waals surface area contributed by atoms with E-state index in [0.29, 0.717) is 0 Å². The fourth-order valence-electron chi connectivity index (χ4n) is 1.26. The third-order valence-electron chi connectivity index (χ3n) is 2.31. The Morgan fingerprint density at radius 1 is 1.32 bits per heavy atom. The average Bonchev–Trinajstić information content (AvgIpc) is 2.20. The minimum atomic E-state index is -5.46. The Labute approximate surface area is 102 Å². The summed E-state index contributed by atoms with van der Waals surface area (Å²) in [6.07, 6.45) is -12.9. The summed E-state index contributed by atoms with van der Waals surface area (Å²) in [6.45, 7) is 2.14. The van der Waals surface area contributed by atoms with Crippen LogP contribution in [-0.4, -0.2) is 36.4 Å². The van der Waals surface area contributed by atoms with E-state index in [1.54, 1.807) is 0 Å². The van der Waals surface area contributed by atoms with Crippen LogP contribution in [0.1, 0.15) is 6.42 Å². The van der Waals surface area contributed by atoms with E-state index in [4.69, 9.17) is 0 Å². The van der Waals surface area contributed by atoms with E-state index in [1.807, 2.05) is 0 Å². The molecule has 0 aromatic carbocycles. The van der Waals surface area contributed by atoms with Gasteiger partial charge in [0.1, 0.15) is 0 Å². The number of Topliss-reactive ketones (excluding diaryl/α,β-unsaturated/α-hetero) is 1. The van der Waals surface area contributed by atoms with Crippen LogP contribution in [0.25, 0.3) is 0 Å². The fourth-order valence-corrected chi connectivity index (χ4v) is 1.26. The van der Waals surface area contributed by atoms with Crippen molar-refractivity contribution in [3.8, 4) is 0 Å². The first-order chi connectivity index (χ1) is 8.39. The van der Waals surface area contributed by atoms with Crippen molar-refractivity contribution in [3.05, 3.63) is 12.2 Å². The molecule has 1 rings (SSSR count). The summed E-state index contributed by atoms with van der Waals surface area (Å²) in [7, 11) is 0. The largest absolute Gasteiger partial charge is 0.450 e. The van der Waals surface area contributed by atoms with Crippen molar-refractivity contribution in [1.29, 1.82) is 0 Å². The van der Waals surface area contributed by atoms with Crippen LogP contribution in [0.3, 0.4) is 0 Å². The molecule has 0 aromatic heterocycles. The predicted molar refractivity (Wildman–Crippen MR) is 47.7 cm³/mol. The topological polar surface area (TPSA) is 55.4 Å². The molecule has 1 saturated heterocycles. The molecule has 1 aliphatic heterocycles. The van der Waals surface area contributed by atoms with Gasteiger partial charge in [0.15, 0.2) is 0 Å². The summed E-state index contributed by atoms with van der Waals surface area (Å²) in [4.78, 5) is 21.8. The Hall–Kier alpha value is -1.58. The van der Waals surface area contributed by atoms with Gasteiger partial charge in [-0.3, -0.25) is 9.59 Å². The molecule has 0 saturated carbocycles. The second-order valence-electron chi connectivity index (χ2n) is 3.77. The smallest absolute Gasteiger partial charge is 0.342 e. The van der Waals surface area contributed by atoms with Gasteiger partial charge in [0.05, 0.1) is 13.0 Å². The van der Waals surface area contributed by atoms with Crippen LogP contribution in [0.2, 0.25) is 0 Å². The van der Waals surface area contributed by atoms with E-state index in [2.05, 4.69) is 11.3 Å². The Bertz CT molecular complexity index is 427. The van der Waals surface area contributed by atoms with Crippen molar-refractivity contribution >= 4 is 11.7 Å². The molecule has 1 aliphatic rings. The number of ether oxygens (including phenoxy) is 1. The molecule has 108 valence electrons. The molecule has 1 heterocycles. The van der Waals surface area contributed by atoms with Gasteiger partial charge >= 0.3 is 12.4 Å². The normalized spacial score (nSPS) is 25.2. The minimum absolute atomic E-state index is 0.390. The number of amides is 1. The fraction of sp³-hybridized carbons (Fsp3) is 0.556. The van der Waals surface area contributed by atoms with Gasteiger partial charge in [0, 0.05) is 5.57 Å². The number of carbonyl (C=O) groups is 2. The van der Waals surface area contributed by atoms with Crippen molar-refractivity contribution in [2.75, 3.05) is 6.61 Å². The van der Waals surface area contributed by atoms with Gasteiger partial charge < -0.3 is 10.1 Å². The zero-order chi connectivity index (χ0) is 15.1. The number of hydrogen-bond acceptors (Lipinski definition) is 3. The van der Waals surface area contributed by atoms with Crippen LogP contribution in [0.15, 0.2) is 12.2 Å². The number of hydrogen-bond donors (Lipinski definition) is 1. The van der Waals surface area contributed by atoms with Crippen LogP contribution in [0, 0.1) is 0 Å². The molecule has 19 heavy (non-hydrogen) atoms. The van der Waals surface area contributed by atoms with Gasteiger partial charge in [0.2, 0.25) is 11.5 Å². The number of carbonyl (C=O) groups excluding carboxylic acids is 2. The number of ketones is 1. The van der Waals surface area contributed by atoms with E-state index in [1.165, 1.54) is 5.32 Å². The molecular weight excluding hydrogens is 284 g/mol. The van der Waals surface area contributed by atoms with Crippen LogP contribution in [-0.2, 0) is 14.3 Å². The average molecular weight is 291 g/mol. The molecular formula is C9H7F6NO3. The Morgan fingerprint density at radius 2 is 1.84 bits per heavy atom. The molecule has 1 unspecified atom stereocenters. The predicted octanol–water partition coefficient (Wildman–Crippen LogP) is 1.47. The molecule has 1 N–H and O–H groups in total. The van der Waals surface area contributed by atoms with E-state index >= 15 is 0 Å². The van der Waals surface area contributed by atoms with Crippen molar-refractivity contribution in [2.45, 2.75) is 24.5 Å². The lowest BCUT2D eigenvalue weighted by molar-refractivity contribution is -0.292. The number of nitrogens with one attached hydrogen (secondary N) is 1. The van der Waals surface area contributed by atoms with Gasteiger partial charge in [-0.25, -0.2) is 0 Å². The highest BCUT2D eigenvalue weighted by atomic mass is 19.4. The van der Waals surface area contributed by atoms with Crippen LogP contribution in [0.5, 0.6) is 0 Å². The molecule has 4 nitrogen and oxygen atoms in total. The van der Waals surface area contributed by atoms with Gasteiger partial charge in [-0.05, 0) is 0 Å². The highest BCUT2D eigenvalue weighted by molar-refractivity contribution is 5.95. The van der Waals surface area contributed by atoms with E-state index in [0.717, 1.165) is 0 Å². The van der Waals surface area contributed by atoms with E-state index in [-0.39, 0.29) is 5.57 Å². The van der Waals surface area contributed by atoms with Crippen molar-refractivity contribution in [3.63, 3.8) is 0 Å². The monoisotopic (exact) mass is 291 g/mol. The third-order valence-corrected chi connectivity index (χ3v) is 2.31. The highest BCUT2D eigenvalue weighted by Gasteiger charge is 2.62. The molecule has 0 aliphatic carbocycles. The highest BCUT2D eigenvalue weighted by Crippen LogP contribution is 2.38. The first-order valence-corrected chi connectivity index (χ1v) is 4.70. The maximum Gasteiger partial charge on any atom is 0.450 e. The first kappa shape index (κ1) is 15.5. The summed E-state index contributed by atoms with van der Waals surface area (Å²) in [5, 5.41) is 1.22. The quantitative estimate of drug-likeness (QED) is 0.619. The summed E-state index contributed by atoms with van der Waals surface area (Å²) in [5.74, 6) is -3.98. The lowest BCUT2D eigenvalue weighted by atomic mass is 10.0. The summed E-state index contributed by atoms with van der Waals surface area (Å²) < 4.78 is 78.6. The number of rotatable bonds is 2. The minimum Gasteiger partial charge on any atom is -0.342 e. The maximum absolute atomic E-state index is 12.8. The molecule has 1 fully saturated rings. The lowest BCUT2D eigenvalue weighted by Gasteiger charge is -2.39. The first-order valence-electron chi connectivity index (χ1n) is 4.70. The van der Waals surface area contributed by atoms with Crippen molar-refractivity contribution in [1.82, 2.24) is 5.32 Å². The molecule has 1 amide bonds. The van der Waals surface area contributed by atoms with Gasteiger partial charge in [-0.2, -0.15) is 26.3 Å².